The summed E-state index contributed by atoms with van der Waals surface area (Å²) in [6.07, 6.45) is 6.83. The Bertz CT molecular complexity index is 296. The summed E-state index contributed by atoms with van der Waals surface area (Å²) in [5.74, 6) is 3.51. The normalized spacial score (nSPS) is 9.23. The lowest BCUT2D eigenvalue weighted by Gasteiger charge is -2.04. The number of hydrogen-bond donors (Lipinski definition) is 0. The first-order valence-electron chi connectivity index (χ1n) is 4.46. The van der Waals surface area contributed by atoms with Gasteiger partial charge in [0.2, 0.25) is 0 Å². The van der Waals surface area contributed by atoms with Crippen LogP contribution in [0.15, 0.2) is 24.3 Å². The lowest BCUT2D eigenvalue weighted by molar-refractivity contribution is 0.313. The minimum absolute atomic E-state index is 0.702. The number of benzene rings is 1. The number of rotatable bonds is 4. The average Bonchev–Trinajstić information content (AvgIpc) is 2.13. The maximum absolute atomic E-state index is 5.49. The van der Waals surface area contributed by atoms with Crippen LogP contribution >= 0.6 is 0 Å². The molecule has 1 nitrogen and oxygen atoms in total. The lowest BCUT2D eigenvalue weighted by Crippen LogP contribution is -1.96. The van der Waals surface area contributed by atoms with Gasteiger partial charge in [0.1, 0.15) is 5.75 Å². The number of unbranched alkanes of at least 4 members (excludes halogenated alkanes) is 1. The SMILES string of the molecule is C#CCCCOc1cccc(C)c1. The Morgan fingerprint density at radius 3 is 3.00 bits per heavy atom. The molecule has 0 aliphatic carbocycles. The van der Waals surface area contributed by atoms with Gasteiger partial charge in [-0.15, -0.1) is 12.3 Å². The summed E-state index contributed by atoms with van der Waals surface area (Å²) >= 11 is 0. The minimum atomic E-state index is 0.702. The minimum Gasteiger partial charge on any atom is -0.494 e. The molecule has 0 saturated heterocycles. The Labute approximate surface area is 79.7 Å². The largest absolute Gasteiger partial charge is 0.494 e. The zero-order chi connectivity index (χ0) is 9.52. The van der Waals surface area contributed by atoms with E-state index in [2.05, 4.69) is 5.92 Å². The fourth-order valence-corrected chi connectivity index (χ4v) is 1.07. The standard InChI is InChI=1S/C12H14O/c1-3-4-5-9-13-12-8-6-7-11(2)10-12/h1,6-8,10H,4-5,9H2,2H3. The van der Waals surface area contributed by atoms with Crippen molar-refractivity contribution in [3.63, 3.8) is 0 Å². The second kappa shape index (κ2) is 5.27. The monoisotopic (exact) mass is 174 g/mol. The van der Waals surface area contributed by atoms with Crippen molar-refractivity contribution in [3.05, 3.63) is 29.8 Å². The highest BCUT2D eigenvalue weighted by atomic mass is 16.5. The molecule has 0 amide bonds. The first-order valence-corrected chi connectivity index (χ1v) is 4.46. The van der Waals surface area contributed by atoms with Crippen molar-refractivity contribution < 1.29 is 4.74 Å². The van der Waals surface area contributed by atoms with Crippen molar-refractivity contribution in [2.75, 3.05) is 6.61 Å². The lowest BCUT2D eigenvalue weighted by atomic mass is 10.2. The molecular weight excluding hydrogens is 160 g/mol. The average molecular weight is 174 g/mol. The predicted molar refractivity (Wildman–Crippen MR) is 54.7 cm³/mol. The Morgan fingerprint density at radius 1 is 1.46 bits per heavy atom. The van der Waals surface area contributed by atoms with Crippen LogP contribution in [-0.2, 0) is 0 Å². The molecule has 0 unspecified atom stereocenters. The number of ether oxygens (including phenoxy) is 1. The van der Waals surface area contributed by atoms with Crippen LogP contribution in [-0.4, -0.2) is 6.61 Å². The topological polar surface area (TPSA) is 9.23 Å². The molecule has 13 heavy (non-hydrogen) atoms. The molecule has 0 radical (unpaired) electrons. The molecule has 1 rings (SSSR count). The summed E-state index contributed by atoms with van der Waals surface area (Å²) in [4.78, 5) is 0. The van der Waals surface area contributed by atoms with Gasteiger partial charge in [0.05, 0.1) is 6.61 Å². The Morgan fingerprint density at radius 2 is 2.31 bits per heavy atom. The maximum Gasteiger partial charge on any atom is 0.119 e. The van der Waals surface area contributed by atoms with Crippen molar-refractivity contribution in [1.29, 1.82) is 0 Å². The third-order valence-electron chi connectivity index (χ3n) is 1.72. The molecule has 0 saturated carbocycles. The van der Waals surface area contributed by atoms with E-state index in [4.69, 9.17) is 11.2 Å². The van der Waals surface area contributed by atoms with Crippen LogP contribution in [0, 0.1) is 19.3 Å². The van der Waals surface area contributed by atoms with E-state index in [-0.39, 0.29) is 0 Å². The van der Waals surface area contributed by atoms with Crippen LogP contribution in [0.4, 0.5) is 0 Å². The van der Waals surface area contributed by atoms with Crippen LogP contribution in [0.3, 0.4) is 0 Å². The second-order valence-electron chi connectivity index (χ2n) is 2.97. The molecule has 0 aliphatic rings. The summed E-state index contributed by atoms with van der Waals surface area (Å²) < 4.78 is 5.49. The number of terminal acetylenes is 1. The molecule has 0 heterocycles. The van der Waals surface area contributed by atoms with Gasteiger partial charge < -0.3 is 4.74 Å². The van der Waals surface area contributed by atoms with E-state index in [1.165, 1.54) is 5.56 Å². The predicted octanol–water partition coefficient (Wildman–Crippen LogP) is 2.79. The van der Waals surface area contributed by atoms with Crippen LogP contribution < -0.4 is 4.74 Å². The molecule has 1 aromatic carbocycles. The van der Waals surface area contributed by atoms with E-state index < -0.39 is 0 Å². The van der Waals surface area contributed by atoms with Crippen LogP contribution in [0.1, 0.15) is 18.4 Å². The van der Waals surface area contributed by atoms with Crippen molar-refractivity contribution in [1.82, 2.24) is 0 Å². The van der Waals surface area contributed by atoms with E-state index in [0.29, 0.717) is 6.61 Å². The van der Waals surface area contributed by atoms with Gasteiger partial charge in [0.25, 0.3) is 0 Å². The molecule has 0 spiro atoms. The highest BCUT2D eigenvalue weighted by Gasteiger charge is 1.92. The summed E-state index contributed by atoms with van der Waals surface area (Å²) in [7, 11) is 0. The fraction of sp³-hybridized carbons (Fsp3) is 0.333. The first kappa shape index (κ1) is 9.67. The molecule has 68 valence electrons. The summed E-state index contributed by atoms with van der Waals surface area (Å²) in [6.45, 7) is 2.75. The van der Waals surface area contributed by atoms with Crippen molar-refractivity contribution in [3.8, 4) is 18.1 Å². The van der Waals surface area contributed by atoms with Gasteiger partial charge in [-0.25, -0.2) is 0 Å². The molecule has 1 aromatic rings. The van der Waals surface area contributed by atoms with Gasteiger partial charge in [0.15, 0.2) is 0 Å². The molecule has 0 atom stereocenters. The number of aryl methyl sites for hydroxylation is 1. The second-order valence-corrected chi connectivity index (χ2v) is 2.97. The third kappa shape index (κ3) is 3.66. The molecule has 1 heteroatoms. The van der Waals surface area contributed by atoms with E-state index >= 15 is 0 Å². The van der Waals surface area contributed by atoms with Crippen molar-refractivity contribution in [2.45, 2.75) is 19.8 Å². The number of hydrogen-bond acceptors (Lipinski definition) is 1. The van der Waals surface area contributed by atoms with Gasteiger partial charge in [-0.3, -0.25) is 0 Å². The Balaban J connectivity index is 2.33. The van der Waals surface area contributed by atoms with Gasteiger partial charge in [-0.05, 0) is 31.0 Å². The molecular formula is C12H14O. The fourth-order valence-electron chi connectivity index (χ4n) is 1.07. The highest BCUT2D eigenvalue weighted by molar-refractivity contribution is 5.27. The smallest absolute Gasteiger partial charge is 0.119 e. The van der Waals surface area contributed by atoms with Crippen LogP contribution in [0.25, 0.3) is 0 Å². The Hall–Kier alpha value is -1.42. The Kier molecular flexibility index (Phi) is 3.92. The third-order valence-corrected chi connectivity index (χ3v) is 1.72. The van der Waals surface area contributed by atoms with E-state index in [1.54, 1.807) is 0 Å². The molecule has 0 aliphatic heterocycles. The zero-order valence-corrected chi connectivity index (χ0v) is 7.92. The van der Waals surface area contributed by atoms with E-state index in [9.17, 15) is 0 Å². The van der Waals surface area contributed by atoms with Crippen molar-refractivity contribution in [2.24, 2.45) is 0 Å². The van der Waals surface area contributed by atoms with Gasteiger partial charge >= 0.3 is 0 Å². The molecule has 0 aromatic heterocycles. The zero-order valence-electron chi connectivity index (χ0n) is 7.92. The highest BCUT2D eigenvalue weighted by Crippen LogP contribution is 2.12. The first-order chi connectivity index (χ1) is 6.33. The molecule has 0 fully saturated rings. The summed E-state index contributed by atoms with van der Waals surface area (Å²) in [5, 5.41) is 0. The van der Waals surface area contributed by atoms with Gasteiger partial charge in [0, 0.05) is 6.42 Å². The van der Waals surface area contributed by atoms with Crippen LogP contribution in [0.2, 0.25) is 0 Å². The van der Waals surface area contributed by atoms with Gasteiger partial charge in [-0.1, -0.05) is 12.1 Å². The van der Waals surface area contributed by atoms with E-state index in [0.717, 1.165) is 18.6 Å². The quantitative estimate of drug-likeness (QED) is 0.504. The molecule has 0 N–H and O–H groups in total. The summed E-state index contributed by atoms with van der Waals surface area (Å²) in [6, 6.07) is 8.03. The van der Waals surface area contributed by atoms with Crippen LogP contribution in [0.5, 0.6) is 5.75 Å². The van der Waals surface area contributed by atoms with Gasteiger partial charge in [-0.2, -0.15) is 0 Å². The van der Waals surface area contributed by atoms with E-state index in [1.807, 2.05) is 31.2 Å². The van der Waals surface area contributed by atoms with Crippen molar-refractivity contribution >= 4 is 0 Å². The maximum atomic E-state index is 5.49. The summed E-state index contributed by atoms with van der Waals surface area (Å²) in [5.41, 5.74) is 1.22. The molecule has 0 bridgehead atoms.